The van der Waals surface area contributed by atoms with Gasteiger partial charge in [0.25, 0.3) is 0 Å². The van der Waals surface area contributed by atoms with Crippen molar-refractivity contribution in [1.82, 2.24) is 0 Å². The van der Waals surface area contributed by atoms with Crippen LogP contribution in [-0.2, 0) is 5.41 Å². The summed E-state index contributed by atoms with van der Waals surface area (Å²) in [5, 5.41) is 4.37. The minimum Gasteiger partial charge on any atom is -0.363 e. The first-order valence-corrected chi connectivity index (χ1v) is 8.54. The van der Waals surface area contributed by atoms with Gasteiger partial charge in [0.1, 0.15) is 0 Å². The highest BCUT2D eigenvalue weighted by Gasteiger charge is 2.40. The number of hydrogen-bond donors (Lipinski definition) is 0. The van der Waals surface area contributed by atoms with E-state index in [0.717, 1.165) is 18.1 Å². The van der Waals surface area contributed by atoms with Gasteiger partial charge in [-0.3, -0.25) is 0 Å². The van der Waals surface area contributed by atoms with Crippen LogP contribution in [0.15, 0.2) is 41.8 Å². The third-order valence-electron chi connectivity index (χ3n) is 4.46. The van der Waals surface area contributed by atoms with Gasteiger partial charge in [-0.1, -0.05) is 30.2 Å². The summed E-state index contributed by atoms with van der Waals surface area (Å²) in [6.45, 7) is 4.43. The second-order valence-corrected chi connectivity index (χ2v) is 6.97. The predicted molar refractivity (Wildman–Crippen MR) is 89.2 cm³/mol. The molecule has 3 rings (SSSR count). The maximum absolute atomic E-state index is 6.03. The highest BCUT2D eigenvalue weighted by molar-refractivity contribution is 7.14. The monoisotopic (exact) mass is 305 g/mol. The number of nitrogens with zero attached hydrogens (tertiary/aromatic N) is 1. The van der Waals surface area contributed by atoms with Crippen LogP contribution in [0.1, 0.15) is 31.7 Å². The fourth-order valence-electron chi connectivity index (χ4n) is 3.11. The molecule has 0 radical (unpaired) electrons. The van der Waals surface area contributed by atoms with E-state index in [-0.39, 0.29) is 0 Å². The van der Waals surface area contributed by atoms with Gasteiger partial charge in [-0.15, -0.1) is 11.3 Å². The molecule has 0 saturated heterocycles. The molecule has 0 amide bonds. The van der Waals surface area contributed by atoms with Crippen molar-refractivity contribution in [3.05, 3.63) is 52.4 Å². The smallest absolute Gasteiger partial charge is 0.0908 e. The Kier molecular flexibility index (Phi) is 4.04. The van der Waals surface area contributed by atoms with E-state index >= 15 is 0 Å². The largest absolute Gasteiger partial charge is 0.363 e. The van der Waals surface area contributed by atoms with Crippen molar-refractivity contribution in [3.63, 3.8) is 0 Å². The molecule has 0 spiro atoms. The van der Waals surface area contributed by atoms with Crippen LogP contribution in [-0.4, -0.2) is 13.1 Å². The van der Waals surface area contributed by atoms with Crippen molar-refractivity contribution in [2.24, 2.45) is 0 Å². The van der Waals surface area contributed by atoms with Gasteiger partial charge in [0.15, 0.2) is 0 Å². The zero-order valence-electron chi connectivity index (χ0n) is 11.8. The Labute approximate surface area is 130 Å². The molecule has 1 aromatic carbocycles. The third kappa shape index (κ3) is 2.59. The van der Waals surface area contributed by atoms with E-state index in [0.29, 0.717) is 5.41 Å². The summed E-state index contributed by atoms with van der Waals surface area (Å²) < 4.78 is 0. The summed E-state index contributed by atoms with van der Waals surface area (Å²) in [5.41, 5.74) is 1.77. The molecule has 1 nitrogen and oxygen atoms in total. The summed E-state index contributed by atoms with van der Waals surface area (Å²) in [6, 6.07) is 12.8. The molecule has 3 heteroatoms. The van der Waals surface area contributed by atoms with Gasteiger partial charge in [-0.25, -0.2) is 0 Å². The number of hydrogen-bond acceptors (Lipinski definition) is 2. The summed E-state index contributed by atoms with van der Waals surface area (Å²) in [4.78, 5) is 2.51. The van der Waals surface area contributed by atoms with E-state index in [2.05, 4.69) is 41.5 Å². The van der Waals surface area contributed by atoms with E-state index < -0.39 is 0 Å². The normalized spacial score (nSPS) is 16.7. The van der Waals surface area contributed by atoms with Gasteiger partial charge < -0.3 is 4.90 Å². The number of anilines is 1. The lowest BCUT2D eigenvalue weighted by molar-refractivity contribution is 0.248. The van der Waals surface area contributed by atoms with Crippen molar-refractivity contribution in [2.75, 3.05) is 18.0 Å². The Morgan fingerprint density at radius 2 is 1.95 bits per heavy atom. The number of benzene rings is 1. The summed E-state index contributed by atoms with van der Waals surface area (Å²) >= 11 is 7.86. The van der Waals surface area contributed by atoms with Gasteiger partial charge in [-0.2, -0.15) is 0 Å². The minimum absolute atomic E-state index is 0.324. The Morgan fingerprint density at radius 1 is 1.20 bits per heavy atom. The average molecular weight is 306 g/mol. The van der Waals surface area contributed by atoms with Crippen LogP contribution in [0.3, 0.4) is 0 Å². The Bertz CT molecular complexity index is 543. The van der Waals surface area contributed by atoms with Crippen LogP contribution in [0.25, 0.3) is 0 Å². The first-order valence-electron chi connectivity index (χ1n) is 7.28. The summed E-state index contributed by atoms with van der Waals surface area (Å²) in [7, 11) is 0. The molecule has 0 aliphatic heterocycles. The van der Waals surface area contributed by atoms with Crippen molar-refractivity contribution < 1.29 is 0 Å². The molecular weight excluding hydrogens is 286 g/mol. The number of likely N-dealkylation sites (N-methyl/N-ethyl adjacent to an activating group) is 1. The number of halogens is 1. The molecule has 2 aromatic rings. The van der Waals surface area contributed by atoms with Crippen molar-refractivity contribution >= 4 is 27.9 Å². The van der Waals surface area contributed by atoms with Gasteiger partial charge in [0, 0.05) is 23.5 Å². The third-order valence-corrected chi connectivity index (χ3v) is 5.64. The second kappa shape index (κ2) is 5.79. The van der Waals surface area contributed by atoms with Crippen molar-refractivity contribution in [1.29, 1.82) is 0 Å². The molecule has 1 heterocycles. The lowest BCUT2D eigenvalue weighted by atomic mass is 9.64. The van der Waals surface area contributed by atoms with Crippen molar-refractivity contribution in [3.8, 4) is 0 Å². The Morgan fingerprint density at radius 3 is 2.45 bits per heavy atom. The van der Waals surface area contributed by atoms with Crippen LogP contribution in [0, 0.1) is 0 Å². The molecule has 1 aromatic heterocycles. The Balaban J connectivity index is 1.84. The highest BCUT2D eigenvalue weighted by atomic mass is 35.5. The van der Waals surface area contributed by atoms with Gasteiger partial charge in [0.2, 0.25) is 0 Å². The van der Waals surface area contributed by atoms with E-state index in [1.54, 1.807) is 0 Å². The lowest BCUT2D eigenvalue weighted by Gasteiger charge is -2.46. The molecule has 0 atom stereocenters. The first-order chi connectivity index (χ1) is 9.73. The number of rotatable bonds is 5. The average Bonchev–Trinajstić information content (AvgIpc) is 2.94. The molecule has 0 unspecified atom stereocenters. The lowest BCUT2D eigenvalue weighted by Crippen LogP contribution is -2.45. The molecule has 1 aliphatic carbocycles. The molecule has 1 saturated carbocycles. The zero-order chi connectivity index (χ0) is 14.0. The molecular formula is C17H20ClNS. The highest BCUT2D eigenvalue weighted by Crippen LogP contribution is 2.45. The summed E-state index contributed by atoms with van der Waals surface area (Å²) in [5.74, 6) is 0. The van der Waals surface area contributed by atoms with Crippen LogP contribution in [0.4, 0.5) is 5.00 Å². The van der Waals surface area contributed by atoms with E-state index in [9.17, 15) is 0 Å². The maximum Gasteiger partial charge on any atom is 0.0908 e. The van der Waals surface area contributed by atoms with Gasteiger partial charge in [-0.05, 0) is 55.0 Å². The molecule has 106 valence electrons. The van der Waals surface area contributed by atoms with Crippen LogP contribution in [0.5, 0.6) is 0 Å². The quantitative estimate of drug-likeness (QED) is 0.719. The van der Waals surface area contributed by atoms with Gasteiger partial charge in [0.05, 0.1) is 5.00 Å². The van der Waals surface area contributed by atoms with Crippen LogP contribution in [0.2, 0.25) is 5.02 Å². The first kappa shape index (κ1) is 14.0. The predicted octanol–water partition coefficient (Wildman–Crippen LogP) is 5.35. The molecule has 1 aliphatic rings. The van der Waals surface area contributed by atoms with E-state index in [4.69, 9.17) is 11.6 Å². The van der Waals surface area contributed by atoms with E-state index in [1.165, 1.54) is 29.8 Å². The Hall–Kier alpha value is -0.990. The molecule has 20 heavy (non-hydrogen) atoms. The molecule has 0 N–H and O–H groups in total. The topological polar surface area (TPSA) is 3.24 Å². The second-order valence-electron chi connectivity index (χ2n) is 5.61. The maximum atomic E-state index is 6.03. The fourth-order valence-corrected chi connectivity index (χ4v) is 4.03. The number of thiophene rings is 1. The van der Waals surface area contributed by atoms with Gasteiger partial charge >= 0.3 is 0 Å². The molecule has 1 fully saturated rings. The van der Waals surface area contributed by atoms with E-state index in [1.807, 2.05) is 23.5 Å². The minimum atomic E-state index is 0.324. The molecule has 0 bridgehead atoms. The van der Waals surface area contributed by atoms with Crippen molar-refractivity contribution in [2.45, 2.75) is 31.6 Å². The standard InChI is InChI=1S/C17H20ClNS/c1-2-19(16-5-3-12-20-16)13-17(10-4-11-17)14-6-8-15(18)9-7-14/h3,5-9,12H,2,4,10-11,13H2,1H3. The SMILES string of the molecule is CCN(CC1(c2ccc(Cl)cc2)CCC1)c1cccs1. The zero-order valence-corrected chi connectivity index (χ0v) is 13.4. The fraction of sp³-hybridized carbons (Fsp3) is 0.412. The van der Waals surface area contributed by atoms with Crippen LogP contribution >= 0.6 is 22.9 Å². The van der Waals surface area contributed by atoms with Crippen LogP contribution < -0.4 is 4.90 Å². The summed E-state index contributed by atoms with van der Waals surface area (Å²) in [6.07, 6.45) is 3.91.